The van der Waals surface area contributed by atoms with Crippen molar-refractivity contribution in [3.63, 3.8) is 0 Å². The molecule has 0 aromatic rings. The van der Waals surface area contributed by atoms with E-state index in [0.717, 1.165) is 0 Å². The molecule has 1 heterocycles. The van der Waals surface area contributed by atoms with Crippen LogP contribution in [0.4, 0.5) is 0 Å². The first-order valence-corrected chi connectivity index (χ1v) is 9.90. The van der Waals surface area contributed by atoms with E-state index in [0.29, 0.717) is 0 Å². The summed E-state index contributed by atoms with van der Waals surface area (Å²) >= 11 is 0. The highest BCUT2D eigenvalue weighted by Gasteiger charge is 2.53. The van der Waals surface area contributed by atoms with Crippen molar-refractivity contribution in [2.45, 2.75) is 58.4 Å². The fourth-order valence-corrected chi connectivity index (χ4v) is 2.56. The average molecular weight is 466 g/mol. The summed E-state index contributed by atoms with van der Waals surface area (Å²) in [4.78, 5) is 48.9. The minimum absolute atomic E-state index is 0.0377. The molecule has 33 heavy (non-hydrogen) atoms. The lowest BCUT2D eigenvalue weighted by atomic mass is 9.97. The molecule has 0 bridgehead atoms. The summed E-state index contributed by atoms with van der Waals surface area (Å²) in [5, 5.41) is 0. The normalized spacial score (nSPS) is 24.1. The van der Waals surface area contributed by atoms with Crippen molar-refractivity contribution in [3.8, 4) is 0 Å². The molecule has 1 rings (SSSR count). The topological polar surface area (TPSA) is 124 Å². The maximum absolute atomic E-state index is 12.4. The van der Waals surface area contributed by atoms with Crippen LogP contribution in [0.5, 0.6) is 0 Å². The number of esters is 4. The highest BCUT2D eigenvalue weighted by atomic mass is 16.7. The molecule has 0 radical (unpaired) electrons. The van der Waals surface area contributed by atoms with Gasteiger partial charge in [-0.2, -0.15) is 0 Å². The second kappa shape index (κ2) is 12.1. The molecule has 10 nitrogen and oxygen atoms in total. The van der Waals surface area contributed by atoms with Crippen molar-refractivity contribution in [2.24, 2.45) is 0 Å². The molecule has 2 unspecified atom stereocenters. The molecular formula is C23H30O10. The van der Waals surface area contributed by atoms with Crippen molar-refractivity contribution >= 4 is 23.9 Å². The SMILES string of the molecule is C=C(C)C(=O)OCC1O[C@H](OC)C(OC(=O)C(=C)C)[C@@H](OC(=O)C(=C)C)[C@@H]1OC(=O)C(=C)C. The lowest BCUT2D eigenvalue weighted by Crippen LogP contribution is -2.63. The summed E-state index contributed by atoms with van der Waals surface area (Å²) in [5.74, 6) is -3.22. The predicted molar refractivity (Wildman–Crippen MR) is 116 cm³/mol. The Morgan fingerprint density at radius 3 is 1.45 bits per heavy atom. The molecule has 0 N–H and O–H groups in total. The van der Waals surface area contributed by atoms with E-state index in [1.54, 1.807) is 0 Å². The van der Waals surface area contributed by atoms with Crippen LogP contribution in [0.2, 0.25) is 0 Å². The highest BCUT2D eigenvalue weighted by molar-refractivity contribution is 5.89. The van der Waals surface area contributed by atoms with Gasteiger partial charge in [-0.25, -0.2) is 19.2 Å². The minimum Gasteiger partial charge on any atom is -0.459 e. The van der Waals surface area contributed by atoms with Gasteiger partial charge >= 0.3 is 23.9 Å². The largest absolute Gasteiger partial charge is 0.459 e. The second-order valence-electron chi connectivity index (χ2n) is 7.61. The van der Waals surface area contributed by atoms with Crippen LogP contribution >= 0.6 is 0 Å². The van der Waals surface area contributed by atoms with E-state index >= 15 is 0 Å². The van der Waals surface area contributed by atoms with Gasteiger partial charge in [-0.1, -0.05) is 26.3 Å². The molecule has 1 aliphatic rings. The van der Waals surface area contributed by atoms with Gasteiger partial charge in [-0.05, 0) is 27.7 Å². The Labute approximate surface area is 192 Å². The molecule has 1 saturated heterocycles. The van der Waals surface area contributed by atoms with E-state index in [4.69, 9.17) is 28.4 Å². The van der Waals surface area contributed by atoms with Crippen molar-refractivity contribution in [2.75, 3.05) is 13.7 Å². The summed E-state index contributed by atoms with van der Waals surface area (Å²) in [6, 6.07) is 0. The third-order valence-electron chi connectivity index (χ3n) is 4.33. The molecule has 0 spiro atoms. The number of hydrogen-bond donors (Lipinski definition) is 0. The molecule has 1 aliphatic heterocycles. The number of ether oxygens (including phenoxy) is 6. The Hall–Kier alpha value is -3.24. The number of carbonyl (C=O) groups excluding carboxylic acids is 4. The maximum Gasteiger partial charge on any atom is 0.333 e. The summed E-state index contributed by atoms with van der Waals surface area (Å²) in [6.45, 7) is 19.3. The number of hydrogen-bond acceptors (Lipinski definition) is 10. The summed E-state index contributed by atoms with van der Waals surface area (Å²) in [6.07, 6.45) is -6.58. The number of rotatable bonds is 10. The first kappa shape index (κ1) is 27.8. The van der Waals surface area contributed by atoms with E-state index in [1.165, 1.54) is 34.8 Å². The molecule has 182 valence electrons. The Morgan fingerprint density at radius 2 is 1.06 bits per heavy atom. The summed E-state index contributed by atoms with van der Waals surface area (Å²) < 4.78 is 32.6. The third-order valence-corrected chi connectivity index (χ3v) is 4.33. The van der Waals surface area contributed by atoms with E-state index in [-0.39, 0.29) is 22.3 Å². The molecule has 0 saturated carbocycles. The number of carbonyl (C=O) groups is 4. The van der Waals surface area contributed by atoms with Gasteiger partial charge in [-0.15, -0.1) is 0 Å². The van der Waals surface area contributed by atoms with Crippen LogP contribution in [0.15, 0.2) is 48.6 Å². The highest BCUT2D eigenvalue weighted by Crippen LogP contribution is 2.30. The monoisotopic (exact) mass is 466 g/mol. The van der Waals surface area contributed by atoms with E-state index in [2.05, 4.69) is 26.3 Å². The Bertz CT molecular complexity index is 855. The van der Waals surface area contributed by atoms with Gasteiger partial charge in [0.15, 0.2) is 24.6 Å². The van der Waals surface area contributed by atoms with Crippen LogP contribution in [0.3, 0.4) is 0 Å². The Balaban J connectivity index is 3.45. The van der Waals surface area contributed by atoms with Crippen LogP contribution in [-0.4, -0.2) is 68.3 Å². The molecular weight excluding hydrogens is 436 g/mol. The molecule has 0 aromatic carbocycles. The first-order chi connectivity index (χ1) is 15.3. The lowest BCUT2D eigenvalue weighted by molar-refractivity contribution is -0.301. The first-order valence-electron chi connectivity index (χ1n) is 9.90. The van der Waals surface area contributed by atoms with Crippen LogP contribution in [0.1, 0.15) is 27.7 Å². The van der Waals surface area contributed by atoms with Gasteiger partial charge < -0.3 is 28.4 Å². The van der Waals surface area contributed by atoms with Gasteiger partial charge in [0.2, 0.25) is 0 Å². The van der Waals surface area contributed by atoms with Gasteiger partial charge in [0.05, 0.1) is 0 Å². The standard InChI is InChI=1S/C23H30O10/c1-11(2)19(24)29-10-15-16(31-20(25)12(3)4)17(32-21(26)13(5)6)18(23(28-9)30-15)33-22(27)14(7)8/h15-18,23H,1,3,5,7,10H2,2,4,6,8-9H3/t15?,16-,17+,18?,23+/m1/s1. The van der Waals surface area contributed by atoms with Crippen LogP contribution in [0.25, 0.3) is 0 Å². The fourth-order valence-electron chi connectivity index (χ4n) is 2.56. The van der Waals surface area contributed by atoms with Crippen LogP contribution in [-0.2, 0) is 47.6 Å². The van der Waals surface area contributed by atoms with E-state index < -0.39 is 61.2 Å². The average Bonchev–Trinajstić information content (AvgIpc) is 2.73. The predicted octanol–water partition coefficient (Wildman–Crippen LogP) is 1.94. The van der Waals surface area contributed by atoms with Crippen LogP contribution < -0.4 is 0 Å². The minimum atomic E-state index is -1.41. The van der Waals surface area contributed by atoms with Gasteiger partial charge in [0.1, 0.15) is 12.7 Å². The van der Waals surface area contributed by atoms with Gasteiger partial charge in [-0.3, -0.25) is 0 Å². The van der Waals surface area contributed by atoms with Crippen molar-refractivity contribution < 1.29 is 47.6 Å². The zero-order valence-electron chi connectivity index (χ0n) is 19.5. The van der Waals surface area contributed by atoms with E-state index in [9.17, 15) is 19.2 Å². The molecule has 1 fully saturated rings. The fraction of sp³-hybridized carbons (Fsp3) is 0.478. The Morgan fingerprint density at radius 1 is 0.667 bits per heavy atom. The van der Waals surface area contributed by atoms with Crippen molar-refractivity contribution in [1.29, 1.82) is 0 Å². The summed E-state index contributed by atoms with van der Waals surface area (Å²) in [7, 11) is 1.26. The summed E-state index contributed by atoms with van der Waals surface area (Å²) in [5.41, 5.74) is 0.267. The Kier molecular flexibility index (Phi) is 10.2. The number of methoxy groups -OCH3 is 1. The quantitative estimate of drug-likeness (QED) is 0.268. The molecule has 0 amide bonds. The third kappa shape index (κ3) is 7.69. The zero-order chi connectivity index (χ0) is 25.5. The van der Waals surface area contributed by atoms with Crippen molar-refractivity contribution in [3.05, 3.63) is 48.6 Å². The van der Waals surface area contributed by atoms with Gasteiger partial charge in [0.25, 0.3) is 0 Å². The zero-order valence-corrected chi connectivity index (χ0v) is 19.5. The molecule has 0 aromatic heterocycles. The lowest BCUT2D eigenvalue weighted by Gasteiger charge is -2.44. The van der Waals surface area contributed by atoms with Crippen molar-refractivity contribution in [1.82, 2.24) is 0 Å². The second-order valence-corrected chi connectivity index (χ2v) is 7.61. The smallest absolute Gasteiger partial charge is 0.333 e. The van der Waals surface area contributed by atoms with Crippen LogP contribution in [0, 0.1) is 0 Å². The maximum atomic E-state index is 12.4. The van der Waals surface area contributed by atoms with Gasteiger partial charge in [0, 0.05) is 29.4 Å². The molecule has 5 atom stereocenters. The van der Waals surface area contributed by atoms with E-state index in [1.807, 2.05) is 0 Å². The molecule has 10 heteroatoms. The molecule has 0 aliphatic carbocycles.